The van der Waals surface area contributed by atoms with Crippen LogP contribution in [0, 0.1) is 5.92 Å². The molecule has 0 radical (unpaired) electrons. The molecule has 120 valence electrons. The Morgan fingerprint density at radius 2 is 1.78 bits per heavy atom. The van der Waals surface area contributed by atoms with Crippen LogP contribution in [0.5, 0.6) is 0 Å². The maximum absolute atomic E-state index is 12.3. The number of hydrogen-bond donors (Lipinski definition) is 1. The number of rotatable bonds is 4. The minimum atomic E-state index is 0.198. The van der Waals surface area contributed by atoms with E-state index in [4.69, 9.17) is 0 Å². The second-order valence-electron chi connectivity index (χ2n) is 6.38. The molecule has 2 aromatic rings. The quantitative estimate of drug-likeness (QED) is 0.925. The number of anilines is 1. The molecule has 1 atom stereocenters. The summed E-state index contributed by atoms with van der Waals surface area (Å²) in [6, 6.07) is 18.6. The molecule has 0 bridgehead atoms. The molecule has 23 heavy (non-hydrogen) atoms. The summed E-state index contributed by atoms with van der Waals surface area (Å²) in [4.78, 5) is 14.3. The van der Waals surface area contributed by atoms with Gasteiger partial charge in [-0.3, -0.25) is 4.79 Å². The van der Waals surface area contributed by atoms with Crippen molar-refractivity contribution in [1.29, 1.82) is 0 Å². The topological polar surface area (TPSA) is 32.3 Å². The van der Waals surface area contributed by atoms with Gasteiger partial charge in [-0.15, -0.1) is 0 Å². The summed E-state index contributed by atoms with van der Waals surface area (Å²) in [5.74, 6) is 0.821. The monoisotopic (exact) mass is 308 g/mol. The highest BCUT2D eigenvalue weighted by Gasteiger charge is 2.20. The van der Waals surface area contributed by atoms with Gasteiger partial charge in [0.15, 0.2) is 0 Å². The Labute approximate surface area is 138 Å². The lowest BCUT2D eigenvalue weighted by molar-refractivity contribution is -0.130. The minimum absolute atomic E-state index is 0.198. The van der Waals surface area contributed by atoms with Crippen LogP contribution in [0.4, 0.5) is 5.69 Å². The van der Waals surface area contributed by atoms with E-state index in [9.17, 15) is 4.79 Å². The van der Waals surface area contributed by atoms with Crippen LogP contribution < -0.4 is 5.32 Å². The van der Waals surface area contributed by atoms with Crippen LogP contribution in [0.25, 0.3) is 11.1 Å². The van der Waals surface area contributed by atoms with Gasteiger partial charge in [0.1, 0.15) is 0 Å². The number of hydrogen-bond acceptors (Lipinski definition) is 2. The first-order chi connectivity index (χ1) is 11.2. The second-order valence-corrected chi connectivity index (χ2v) is 6.38. The summed E-state index contributed by atoms with van der Waals surface area (Å²) < 4.78 is 0. The van der Waals surface area contributed by atoms with E-state index in [1.807, 2.05) is 35.2 Å². The van der Waals surface area contributed by atoms with E-state index < -0.39 is 0 Å². The molecule has 3 heteroatoms. The van der Waals surface area contributed by atoms with Crippen LogP contribution in [-0.4, -0.2) is 30.4 Å². The maximum Gasteiger partial charge on any atom is 0.241 e. The van der Waals surface area contributed by atoms with Gasteiger partial charge in [-0.1, -0.05) is 49.4 Å². The molecule has 3 nitrogen and oxygen atoms in total. The van der Waals surface area contributed by atoms with Crippen molar-refractivity contribution >= 4 is 11.6 Å². The van der Waals surface area contributed by atoms with Gasteiger partial charge in [0, 0.05) is 18.8 Å². The molecule has 1 aliphatic heterocycles. The normalized spacial score (nSPS) is 17.8. The summed E-state index contributed by atoms with van der Waals surface area (Å²) in [5, 5.41) is 3.24. The standard InChI is InChI=1S/C20H24N2O/c1-16-6-5-13-22(15-16)20(23)14-21-19-11-9-18(10-12-19)17-7-3-2-4-8-17/h2-4,7-12,16,21H,5-6,13-15H2,1H3. The third kappa shape index (κ3) is 4.13. The van der Waals surface area contributed by atoms with Crippen LogP contribution in [0.3, 0.4) is 0 Å². The number of carbonyl (C=O) groups excluding carboxylic acids is 1. The van der Waals surface area contributed by atoms with E-state index in [1.54, 1.807) is 0 Å². The molecular formula is C20H24N2O. The molecule has 3 rings (SSSR count). The minimum Gasteiger partial charge on any atom is -0.376 e. The Bertz CT molecular complexity index is 636. The number of nitrogens with one attached hydrogen (secondary N) is 1. The fraction of sp³-hybridized carbons (Fsp3) is 0.350. The Hall–Kier alpha value is -2.29. The highest BCUT2D eigenvalue weighted by Crippen LogP contribution is 2.21. The fourth-order valence-corrected chi connectivity index (χ4v) is 3.12. The molecule has 0 saturated carbocycles. The number of amides is 1. The predicted octanol–water partition coefficient (Wildman–Crippen LogP) is 4.02. The highest BCUT2D eigenvalue weighted by molar-refractivity contribution is 5.81. The van der Waals surface area contributed by atoms with Gasteiger partial charge in [0.25, 0.3) is 0 Å². The Morgan fingerprint density at radius 3 is 2.48 bits per heavy atom. The van der Waals surface area contributed by atoms with Crippen molar-refractivity contribution in [3.8, 4) is 11.1 Å². The lowest BCUT2D eigenvalue weighted by Crippen LogP contribution is -2.41. The van der Waals surface area contributed by atoms with E-state index in [0.29, 0.717) is 12.5 Å². The summed E-state index contributed by atoms with van der Waals surface area (Å²) in [6.45, 7) is 4.39. The molecule has 1 heterocycles. The SMILES string of the molecule is CC1CCCN(C(=O)CNc2ccc(-c3ccccc3)cc2)C1. The molecular weight excluding hydrogens is 284 g/mol. The first-order valence-corrected chi connectivity index (χ1v) is 8.39. The zero-order valence-electron chi connectivity index (χ0n) is 13.7. The summed E-state index contributed by atoms with van der Waals surface area (Å²) in [6.07, 6.45) is 2.36. The molecule has 0 aromatic heterocycles. The van der Waals surface area contributed by atoms with Crippen molar-refractivity contribution in [3.63, 3.8) is 0 Å². The van der Waals surface area contributed by atoms with Crippen molar-refractivity contribution in [2.24, 2.45) is 5.92 Å². The Balaban J connectivity index is 1.55. The summed E-state index contributed by atoms with van der Waals surface area (Å²) in [7, 11) is 0. The smallest absolute Gasteiger partial charge is 0.241 e. The molecule has 1 N–H and O–H groups in total. The van der Waals surface area contributed by atoms with Gasteiger partial charge < -0.3 is 10.2 Å². The van der Waals surface area contributed by atoms with Gasteiger partial charge in [0.2, 0.25) is 5.91 Å². The zero-order valence-corrected chi connectivity index (χ0v) is 13.7. The number of piperidine rings is 1. The van der Waals surface area contributed by atoms with Crippen LogP contribution in [-0.2, 0) is 4.79 Å². The molecule has 1 saturated heterocycles. The zero-order chi connectivity index (χ0) is 16.1. The Kier molecular flexibility index (Phi) is 4.96. The third-order valence-corrected chi connectivity index (χ3v) is 4.45. The van der Waals surface area contributed by atoms with Crippen LogP contribution in [0.2, 0.25) is 0 Å². The number of likely N-dealkylation sites (tertiary alicyclic amines) is 1. The molecule has 2 aromatic carbocycles. The predicted molar refractivity (Wildman–Crippen MR) is 95.3 cm³/mol. The van der Waals surface area contributed by atoms with Crippen molar-refractivity contribution < 1.29 is 4.79 Å². The van der Waals surface area contributed by atoms with E-state index in [1.165, 1.54) is 17.5 Å². The van der Waals surface area contributed by atoms with Gasteiger partial charge in [-0.25, -0.2) is 0 Å². The van der Waals surface area contributed by atoms with Crippen molar-refractivity contribution in [2.45, 2.75) is 19.8 Å². The van der Waals surface area contributed by atoms with Crippen molar-refractivity contribution in [3.05, 3.63) is 54.6 Å². The lowest BCUT2D eigenvalue weighted by atomic mass is 10.0. The van der Waals surface area contributed by atoms with Crippen molar-refractivity contribution in [1.82, 2.24) is 4.90 Å². The molecule has 0 spiro atoms. The van der Waals surface area contributed by atoms with Crippen molar-refractivity contribution in [2.75, 3.05) is 25.0 Å². The van der Waals surface area contributed by atoms with Crippen LogP contribution in [0.15, 0.2) is 54.6 Å². The molecule has 1 amide bonds. The van der Waals surface area contributed by atoms with Crippen LogP contribution in [0.1, 0.15) is 19.8 Å². The first-order valence-electron chi connectivity index (χ1n) is 8.39. The molecule has 1 fully saturated rings. The molecule has 1 unspecified atom stereocenters. The average molecular weight is 308 g/mol. The lowest BCUT2D eigenvalue weighted by Gasteiger charge is -2.31. The van der Waals surface area contributed by atoms with Gasteiger partial charge in [-0.05, 0) is 42.0 Å². The van der Waals surface area contributed by atoms with Gasteiger partial charge in [0.05, 0.1) is 6.54 Å². The average Bonchev–Trinajstić information content (AvgIpc) is 2.61. The van der Waals surface area contributed by atoms with E-state index in [2.05, 4.69) is 36.5 Å². The second kappa shape index (κ2) is 7.32. The van der Waals surface area contributed by atoms with Crippen LogP contribution >= 0.6 is 0 Å². The van der Waals surface area contributed by atoms with E-state index in [0.717, 1.165) is 25.2 Å². The molecule has 0 aliphatic carbocycles. The number of carbonyl (C=O) groups is 1. The fourth-order valence-electron chi connectivity index (χ4n) is 3.12. The van der Waals surface area contributed by atoms with Gasteiger partial charge in [-0.2, -0.15) is 0 Å². The van der Waals surface area contributed by atoms with E-state index >= 15 is 0 Å². The first kappa shape index (κ1) is 15.6. The largest absolute Gasteiger partial charge is 0.376 e. The number of benzene rings is 2. The van der Waals surface area contributed by atoms with E-state index in [-0.39, 0.29) is 5.91 Å². The Morgan fingerprint density at radius 1 is 1.09 bits per heavy atom. The number of nitrogens with zero attached hydrogens (tertiary/aromatic N) is 1. The molecule has 1 aliphatic rings. The highest BCUT2D eigenvalue weighted by atomic mass is 16.2. The summed E-state index contributed by atoms with van der Waals surface area (Å²) >= 11 is 0. The van der Waals surface area contributed by atoms with Gasteiger partial charge >= 0.3 is 0 Å². The third-order valence-electron chi connectivity index (χ3n) is 4.45. The summed E-state index contributed by atoms with van der Waals surface area (Å²) in [5.41, 5.74) is 3.38. The maximum atomic E-state index is 12.3.